The molecule has 2 aliphatic rings. The monoisotopic (exact) mass is 304 g/mol. The zero-order chi connectivity index (χ0) is 15.5. The van der Waals surface area contributed by atoms with Crippen LogP contribution in [0.15, 0.2) is 54.4 Å². The fourth-order valence-corrected chi connectivity index (χ4v) is 3.01. The van der Waals surface area contributed by atoms with Gasteiger partial charge in [-0.15, -0.1) is 0 Å². The lowest BCUT2D eigenvalue weighted by molar-refractivity contribution is -0.356. The number of rotatable bonds is 1. The lowest BCUT2D eigenvalue weighted by Crippen LogP contribution is -2.49. The molecule has 2 aliphatic heterocycles. The summed E-state index contributed by atoms with van der Waals surface area (Å²) in [6, 6.07) is 6.05. The third-order valence-electron chi connectivity index (χ3n) is 3.89. The quantitative estimate of drug-likeness (QED) is 0.563. The van der Waals surface area contributed by atoms with Crippen LogP contribution < -0.4 is 0 Å². The Labute approximate surface area is 123 Å². The molecule has 0 unspecified atom stereocenters. The van der Waals surface area contributed by atoms with Gasteiger partial charge in [-0.05, 0) is 36.0 Å². The number of allylic oxidation sites excluding steroid dienone is 2. The van der Waals surface area contributed by atoms with Gasteiger partial charge in [0.15, 0.2) is 5.70 Å². The first-order chi connectivity index (χ1) is 10.5. The van der Waals surface area contributed by atoms with Crippen LogP contribution in [0.5, 0.6) is 0 Å². The van der Waals surface area contributed by atoms with Crippen molar-refractivity contribution in [3.8, 4) is 0 Å². The van der Waals surface area contributed by atoms with E-state index in [1.165, 1.54) is 36.7 Å². The van der Waals surface area contributed by atoms with Crippen molar-refractivity contribution in [1.82, 2.24) is 4.48 Å². The summed E-state index contributed by atoms with van der Waals surface area (Å²) in [5.74, 6) is -1.50. The summed E-state index contributed by atoms with van der Waals surface area (Å²) in [5, 5.41) is 0. The highest BCUT2D eigenvalue weighted by Crippen LogP contribution is 2.38. The summed E-state index contributed by atoms with van der Waals surface area (Å²) in [7, 11) is 0. The molecule has 0 amide bonds. The highest BCUT2D eigenvalue weighted by Gasteiger charge is 2.51. The summed E-state index contributed by atoms with van der Waals surface area (Å²) in [5.41, 5.74) is 1.08. The van der Waals surface area contributed by atoms with Crippen LogP contribution >= 0.6 is 0 Å². The molecule has 1 aromatic heterocycles. The van der Waals surface area contributed by atoms with Gasteiger partial charge in [0.25, 0.3) is 0 Å². The lowest BCUT2D eigenvalue weighted by atomic mass is 9.86. The van der Waals surface area contributed by atoms with E-state index in [1.807, 2.05) is 0 Å². The van der Waals surface area contributed by atoms with E-state index >= 15 is 0 Å². The van der Waals surface area contributed by atoms with Crippen molar-refractivity contribution in [2.24, 2.45) is 0 Å². The second-order valence-electron chi connectivity index (χ2n) is 5.22. The topological polar surface area (TPSA) is 7.94 Å². The highest BCUT2D eigenvalue weighted by atomic mass is 19.2. The smallest absolute Gasteiger partial charge is 0.396 e. The minimum absolute atomic E-state index is 0.226. The van der Waals surface area contributed by atoms with Gasteiger partial charge in [0.05, 0.1) is 5.57 Å². The Morgan fingerprint density at radius 2 is 1.77 bits per heavy atom. The molecule has 3 heterocycles. The van der Waals surface area contributed by atoms with Gasteiger partial charge >= 0.3 is 6.97 Å². The van der Waals surface area contributed by atoms with Crippen LogP contribution in [0.4, 0.5) is 17.4 Å². The minimum Gasteiger partial charge on any atom is -0.396 e. The van der Waals surface area contributed by atoms with E-state index in [4.69, 9.17) is 0 Å². The molecular formula is C15H9BF4N2. The van der Waals surface area contributed by atoms with E-state index in [0.29, 0.717) is 5.57 Å². The molecule has 0 spiro atoms. The first kappa shape index (κ1) is 13.1. The second-order valence-corrected chi connectivity index (χ2v) is 5.22. The standard InChI is InChI=1S/C15H9BF4N2/c17-11-7-10(8-12(18)9-11)15-13-3-1-5-21(13)16(19,20)22-6-2-4-14(15)22/h1-9H. The van der Waals surface area contributed by atoms with Crippen LogP contribution in [0.2, 0.25) is 0 Å². The molecule has 2 aromatic rings. The van der Waals surface area contributed by atoms with Gasteiger partial charge in [-0.25, -0.2) is 8.78 Å². The Bertz CT molecular complexity index is 872. The van der Waals surface area contributed by atoms with Gasteiger partial charge in [-0.1, -0.05) is 0 Å². The zero-order valence-electron chi connectivity index (χ0n) is 11.2. The van der Waals surface area contributed by atoms with Crippen molar-refractivity contribution in [2.75, 3.05) is 0 Å². The average Bonchev–Trinajstić information content (AvgIpc) is 3.06. The van der Waals surface area contributed by atoms with E-state index in [-0.39, 0.29) is 17.0 Å². The molecule has 4 rings (SSSR count). The van der Waals surface area contributed by atoms with Crippen molar-refractivity contribution in [3.05, 3.63) is 77.3 Å². The molecule has 7 heteroatoms. The third-order valence-corrected chi connectivity index (χ3v) is 3.89. The molecule has 0 radical (unpaired) electrons. The van der Waals surface area contributed by atoms with Gasteiger partial charge < -0.3 is 17.6 Å². The molecule has 0 aliphatic carbocycles. The normalized spacial score (nSPS) is 18.3. The first-order valence-corrected chi connectivity index (χ1v) is 6.69. The summed E-state index contributed by atoms with van der Waals surface area (Å²) in [4.78, 5) is 0. The van der Waals surface area contributed by atoms with Crippen molar-refractivity contribution >= 4 is 18.8 Å². The van der Waals surface area contributed by atoms with Crippen LogP contribution in [0.1, 0.15) is 11.3 Å². The minimum atomic E-state index is -4.01. The number of hydrogen-bond donors (Lipinski definition) is 0. The summed E-state index contributed by atoms with van der Waals surface area (Å²) in [6.07, 6.45) is 5.55. The predicted octanol–water partition coefficient (Wildman–Crippen LogP) is 3.42. The number of hydrogen-bond acceptors (Lipinski definition) is 0. The Morgan fingerprint density at radius 1 is 1.05 bits per heavy atom. The maximum atomic E-state index is 14.5. The Balaban J connectivity index is 2.06. The molecule has 0 N–H and O–H groups in total. The van der Waals surface area contributed by atoms with Crippen LogP contribution in [0.25, 0.3) is 5.57 Å². The van der Waals surface area contributed by atoms with Gasteiger partial charge in [0.2, 0.25) is 0 Å². The van der Waals surface area contributed by atoms with Crippen LogP contribution in [-0.2, 0) is 0 Å². The van der Waals surface area contributed by atoms with Crippen LogP contribution in [-0.4, -0.2) is 22.1 Å². The molecule has 0 saturated carbocycles. The molecule has 110 valence electrons. The van der Waals surface area contributed by atoms with E-state index in [0.717, 1.165) is 27.2 Å². The fourth-order valence-electron chi connectivity index (χ4n) is 3.01. The molecule has 0 fully saturated rings. The van der Waals surface area contributed by atoms with E-state index in [2.05, 4.69) is 0 Å². The Kier molecular flexibility index (Phi) is 2.52. The molecule has 2 nitrogen and oxygen atoms in total. The lowest BCUT2D eigenvalue weighted by Gasteiger charge is -2.30. The van der Waals surface area contributed by atoms with Crippen LogP contribution in [0, 0.1) is 11.6 Å². The largest absolute Gasteiger partial charge is 0.737 e. The molecule has 0 atom stereocenters. The predicted molar refractivity (Wildman–Crippen MR) is 75.6 cm³/mol. The third kappa shape index (κ3) is 1.65. The highest BCUT2D eigenvalue weighted by molar-refractivity contribution is 6.57. The molecule has 1 aromatic carbocycles. The number of nitrogens with zero attached hydrogens (tertiary/aromatic N) is 2. The summed E-state index contributed by atoms with van der Waals surface area (Å²) in [6.45, 7) is -4.01. The number of halogens is 4. The zero-order valence-corrected chi connectivity index (χ0v) is 11.2. The summed E-state index contributed by atoms with van der Waals surface area (Å²) < 4.78 is 57.8. The van der Waals surface area contributed by atoms with Crippen molar-refractivity contribution in [1.29, 1.82) is 0 Å². The van der Waals surface area contributed by atoms with Crippen molar-refractivity contribution in [3.63, 3.8) is 0 Å². The van der Waals surface area contributed by atoms with E-state index < -0.39 is 18.6 Å². The molecule has 22 heavy (non-hydrogen) atoms. The van der Waals surface area contributed by atoms with E-state index in [1.54, 1.807) is 0 Å². The van der Waals surface area contributed by atoms with Crippen LogP contribution in [0.3, 0.4) is 0 Å². The maximum Gasteiger partial charge on any atom is 0.737 e. The van der Waals surface area contributed by atoms with Crippen molar-refractivity contribution < 1.29 is 21.9 Å². The fraction of sp³-hybridized carbons (Fsp3) is 0. The molecule has 0 saturated heterocycles. The van der Waals surface area contributed by atoms with Gasteiger partial charge in [-0.2, -0.15) is 0 Å². The average molecular weight is 304 g/mol. The second kappa shape index (κ2) is 4.22. The van der Waals surface area contributed by atoms with E-state index in [9.17, 15) is 17.4 Å². The Hall–Kier alpha value is -2.57. The SMILES string of the molecule is Fc1cc(F)cc(C2=C3C=CC=[N+]3[B-](F)(F)n3cccc32)c1. The number of benzene rings is 1. The number of aromatic nitrogens is 1. The maximum absolute atomic E-state index is 14.5. The van der Waals surface area contributed by atoms with Gasteiger partial charge in [0.1, 0.15) is 17.8 Å². The van der Waals surface area contributed by atoms with Gasteiger partial charge in [0, 0.05) is 23.9 Å². The Morgan fingerprint density at radius 3 is 2.50 bits per heavy atom. The van der Waals surface area contributed by atoms with Crippen molar-refractivity contribution in [2.45, 2.75) is 0 Å². The molecule has 0 bridgehead atoms. The molecular weight excluding hydrogens is 295 g/mol. The van der Waals surface area contributed by atoms with Gasteiger partial charge in [-0.3, -0.25) is 0 Å². The summed E-state index contributed by atoms with van der Waals surface area (Å²) >= 11 is 0. The number of fused-ring (bicyclic) bond motifs is 2. The first-order valence-electron chi connectivity index (χ1n) is 6.69.